The highest BCUT2D eigenvalue weighted by molar-refractivity contribution is 6.36. The molecule has 174 valence electrons. The van der Waals surface area contributed by atoms with Crippen LogP contribution in [0.1, 0.15) is 18.4 Å². The van der Waals surface area contributed by atoms with Crippen LogP contribution in [-0.2, 0) is 6.54 Å². The monoisotopic (exact) mass is 473 g/mol. The number of anilines is 1. The van der Waals surface area contributed by atoms with Crippen LogP contribution < -0.4 is 15.5 Å². The summed E-state index contributed by atoms with van der Waals surface area (Å²) in [5.41, 5.74) is 4.99. The number of likely N-dealkylation sites (tertiary alicyclic amines) is 1. The number of halogens is 1. The summed E-state index contributed by atoms with van der Waals surface area (Å²) in [7, 11) is 3.75. The number of benzene rings is 2. The molecule has 4 aromatic rings. The fourth-order valence-electron chi connectivity index (χ4n) is 4.63. The molecular formula is C26H29BClN5O. The van der Waals surface area contributed by atoms with Crippen LogP contribution in [0.5, 0.6) is 5.75 Å². The Labute approximate surface area is 206 Å². The van der Waals surface area contributed by atoms with Crippen molar-refractivity contribution >= 4 is 36.4 Å². The lowest BCUT2D eigenvalue weighted by molar-refractivity contribution is 0.182. The average Bonchev–Trinajstić information content (AvgIpc) is 3.24. The summed E-state index contributed by atoms with van der Waals surface area (Å²) in [6, 6.07) is 18.3. The zero-order valence-corrected chi connectivity index (χ0v) is 20.4. The van der Waals surface area contributed by atoms with Gasteiger partial charge < -0.3 is 10.1 Å². The number of aromatic nitrogens is 3. The molecular weight excluding hydrogens is 445 g/mol. The van der Waals surface area contributed by atoms with Gasteiger partial charge >= 0.3 is 0 Å². The van der Waals surface area contributed by atoms with Gasteiger partial charge in [0.2, 0.25) is 0 Å². The van der Waals surface area contributed by atoms with Gasteiger partial charge in [-0.2, -0.15) is 9.61 Å². The third kappa shape index (κ3) is 4.91. The minimum atomic E-state index is 0.616. The number of ether oxygens (including phenoxy) is 1. The van der Waals surface area contributed by atoms with Gasteiger partial charge in [0, 0.05) is 35.9 Å². The number of hydrogen-bond acceptors (Lipinski definition) is 5. The van der Waals surface area contributed by atoms with E-state index in [-0.39, 0.29) is 0 Å². The van der Waals surface area contributed by atoms with Gasteiger partial charge in [0.15, 0.2) is 5.65 Å². The molecule has 1 aliphatic rings. The molecule has 1 saturated heterocycles. The van der Waals surface area contributed by atoms with Crippen LogP contribution in [0.4, 0.5) is 5.82 Å². The zero-order valence-electron chi connectivity index (χ0n) is 19.7. The second kappa shape index (κ2) is 10.1. The smallest absolute Gasteiger partial charge is 0.151 e. The van der Waals surface area contributed by atoms with Gasteiger partial charge in [0.05, 0.1) is 12.8 Å². The van der Waals surface area contributed by atoms with E-state index in [0.717, 1.165) is 60.1 Å². The van der Waals surface area contributed by atoms with E-state index in [2.05, 4.69) is 39.6 Å². The molecule has 1 fully saturated rings. The molecule has 0 bridgehead atoms. The summed E-state index contributed by atoms with van der Waals surface area (Å²) in [5, 5.41) is 8.91. The predicted octanol–water partition coefficient (Wildman–Crippen LogP) is 3.64. The maximum atomic E-state index is 6.47. The van der Waals surface area contributed by atoms with Crippen LogP contribution in [0, 0.1) is 5.92 Å². The molecule has 2 aromatic heterocycles. The lowest BCUT2D eigenvalue weighted by atomic mass is 9.96. The van der Waals surface area contributed by atoms with Gasteiger partial charge in [-0.3, -0.25) is 4.90 Å². The number of nitrogens with zero attached hydrogens (tertiary/aromatic N) is 4. The van der Waals surface area contributed by atoms with E-state index in [1.807, 2.05) is 48.9 Å². The van der Waals surface area contributed by atoms with Gasteiger partial charge in [0.25, 0.3) is 0 Å². The van der Waals surface area contributed by atoms with Gasteiger partial charge in [-0.25, -0.2) is 4.98 Å². The average molecular weight is 474 g/mol. The number of fused-ring (bicyclic) bond motifs is 1. The Kier molecular flexibility index (Phi) is 6.74. The molecule has 0 aliphatic carbocycles. The summed E-state index contributed by atoms with van der Waals surface area (Å²) in [6.45, 7) is 4.07. The molecule has 5 rings (SSSR count). The Hall–Kier alpha value is -3.03. The molecule has 0 saturated carbocycles. The van der Waals surface area contributed by atoms with Crippen LogP contribution in [0.3, 0.4) is 0 Å². The number of nitrogens with one attached hydrogen (secondary N) is 1. The van der Waals surface area contributed by atoms with Crippen molar-refractivity contribution in [2.45, 2.75) is 19.4 Å². The van der Waals surface area contributed by atoms with E-state index < -0.39 is 0 Å². The summed E-state index contributed by atoms with van der Waals surface area (Å²) in [5.74, 6) is 2.49. The van der Waals surface area contributed by atoms with Gasteiger partial charge in [0.1, 0.15) is 19.4 Å². The molecule has 2 aromatic carbocycles. The summed E-state index contributed by atoms with van der Waals surface area (Å²) < 4.78 is 7.26. The van der Waals surface area contributed by atoms with Crippen molar-refractivity contribution in [3.63, 3.8) is 0 Å². The van der Waals surface area contributed by atoms with Crippen LogP contribution >= 0.6 is 11.6 Å². The number of methoxy groups -OCH3 is 1. The van der Waals surface area contributed by atoms with Crippen molar-refractivity contribution in [1.29, 1.82) is 0 Å². The largest absolute Gasteiger partial charge is 0.497 e. The Morgan fingerprint density at radius 3 is 2.74 bits per heavy atom. The Bertz CT molecular complexity index is 1290. The molecule has 0 amide bonds. The first-order valence-corrected chi connectivity index (χ1v) is 12.2. The molecule has 34 heavy (non-hydrogen) atoms. The van der Waals surface area contributed by atoms with E-state index in [1.165, 1.54) is 18.4 Å². The molecule has 8 heteroatoms. The van der Waals surface area contributed by atoms with Crippen molar-refractivity contribution in [3.05, 3.63) is 71.4 Å². The predicted molar refractivity (Wildman–Crippen MR) is 141 cm³/mol. The van der Waals surface area contributed by atoms with E-state index in [1.54, 1.807) is 7.11 Å². The van der Waals surface area contributed by atoms with E-state index >= 15 is 0 Å². The third-order valence-electron chi connectivity index (χ3n) is 6.62. The van der Waals surface area contributed by atoms with Crippen molar-refractivity contribution < 1.29 is 4.74 Å². The highest BCUT2D eigenvalue weighted by atomic mass is 35.5. The number of rotatable bonds is 7. The lowest BCUT2D eigenvalue weighted by Crippen LogP contribution is -2.35. The van der Waals surface area contributed by atoms with Gasteiger partial charge in [-0.1, -0.05) is 41.9 Å². The first kappa shape index (κ1) is 22.8. The third-order valence-corrected chi connectivity index (χ3v) is 6.95. The minimum absolute atomic E-state index is 0.616. The highest BCUT2D eigenvalue weighted by Gasteiger charge is 2.20. The van der Waals surface area contributed by atoms with E-state index in [9.17, 15) is 0 Å². The SMILES string of the molecule is Bc1cnn2c(NCC3CCN(Cc4cccc(OC)c4)CC3)cc(-c3ccccc3Cl)nc12. The maximum Gasteiger partial charge on any atom is 0.151 e. The maximum absolute atomic E-state index is 6.47. The number of piperidine rings is 1. The molecule has 1 aliphatic heterocycles. The minimum Gasteiger partial charge on any atom is -0.497 e. The quantitative estimate of drug-likeness (QED) is 0.415. The molecule has 0 atom stereocenters. The highest BCUT2D eigenvalue weighted by Crippen LogP contribution is 2.29. The second-order valence-electron chi connectivity index (χ2n) is 9.02. The fourth-order valence-corrected chi connectivity index (χ4v) is 4.86. The lowest BCUT2D eigenvalue weighted by Gasteiger charge is -2.32. The molecule has 0 spiro atoms. The topological polar surface area (TPSA) is 54.7 Å². The number of hydrogen-bond donors (Lipinski definition) is 1. The molecule has 1 N–H and O–H groups in total. The first-order chi connectivity index (χ1) is 16.6. The molecule has 0 radical (unpaired) electrons. The van der Waals surface area contributed by atoms with Crippen molar-refractivity contribution in [2.75, 3.05) is 32.1 Å². The van der Waals surface area contributed by atoms with E-state index in [4.69, 9.17) is 21.3 Å². The van der Waals surface area contributed by atoms with Crippen molar-refractivity contribution in [1.82, 2.24) is 19.5 Å². The normalized spacial score (nSPS) is 15.0. The summed E-state index contributed by atoms with van der Waals surface area (Å²) >= 11 is 6.47. The van der Waals surface area contributed by atoms with Gasteiger partial charge in [-0.15, -0.1) is 0 Å². The van der Waals surface area contributed by atoms with E-state index in [0.29, 0.717) is 10.9 Å². The summed E-state index contributed by atoms with van der Waals surface area (Å²) in [4.78, 5) is 7.37. The van der Waals surface area contributed by atoms with Crippen LogP contribution in [0.2, 0.25) is 5.02 Å². The summed E-state index contributed by atoms with van der Waals surface area (Å²) in [6.07, 6.45) is 4.20. The molecule has 6 nitrogen and oxygen atoms in total. The second-order valence-corrected chi connectivity index (χ2v) is 9.43. The Morgan fingerprint density at radius 2 is 1.94 bits per heavy atom. The molecule has 3 heterocycles. The fraction of sp³-hybridized carbons (Fsp3) is 0.308. The van der Waals surface area contributed by atoms with Crippen molar-refractivity contribution in [3.8, 4) is 17.0 Å². The van der Waals surface area contributed by atoms with Gasteiger partial charge in [-0.05, 0) is 61.1 Å². The van der Waals surface area contributed by atoms with Crippen LogP contribution in [-0.4, -0.2) is 54.1 Å². The Balaban J connectivity index is 1.25. The van der Waals surface area contributed by atoms with Crippen molar-refractivity contribution in [2.24, 2.45) is 5.92 Å². The van der Waals surface area contributed by atoms with Crippen LogP contribution in [0.25, 0.3) is 16.9 Å². The standard InChI is InChI=1S/C26H29BClN5O/c1-34-20-6-4-5-19(13-20)17-32-11-9-18(10-12-32)15-29-25-14-24(21-7-2-3-8-23(21)28)31-26-22(27)16-30-33(25)26/h2-8,13-14,16,18,29H,9-12,15,17,27H2,1H3. The van der Waals surface area contributed by atoms with Crippen LogP contribution in [0.15, 0.2) is 60.8 Å². The molecule has 0 unspecified atom stereocenters. The zero-order chi connectivity index (χ0) is 23.5. The first-order valence-electron chi connectivity index (χ1n) is 11.8. The Morgan fingerprint density at radius 1 is 1.12 bits per heavy atom.